The van der Waals surface area contributed by atoms with Crippen molar-refractivity contribution < 1.29 is 67.3 Å². The van der Waals surface area contributed by atoms with Crippen molar-refractivity contribution in [2.75, 3.05) is 49.7 Å². The van der Waals surface area contributed by atoms with Crippen LogP contribution in [0.15, 0.2) is 72.0 Å². The molecule has 2 bridgehead atoms. The molecule has 0 spiro atoms. The van der Waals surface area contributed by atoms with E-state index in [1.807, 2.05) is 72.8 Å². The highest BCUT2D eigenvalue weighted by Gasteiger charge is 2.40. The van der Waals surface area contributed by atoms with Crippen LogP contribution in [0.4, 0.5) is 0 Å². The summed E-state index contributed by atoms with van der Waals surface area (Å²) in [4.78, 5) is 52.4. The summed E-state index contributed by atoms with van der Waals surface area (Å²) in [6.45, 7) is 13.5. The van der Waals surface area contributed by atoms with E-state index in [9.17, 15) is 29.4 Å². The van der Waals surface area contributed by atoms with Crippen molar-refractivity contribution in [2.45, 2.75) is 154 Å². The molecular weight excluding hydrogens is 875 g/mol. The number of aliphatic hydroxyl groups is 2. The van der Waals surface area contributed by atoms with Crippen LogP contribution in [-0.4, -0.2) is 150 Å². The topological polar surface area (TPSA) is 186 Å². The van der Waals surface area contributed by atoms with Gasteiger partial charge in [0.25, 0.3) is 0 Å². The Morgan fingerprint density at radius 2 is 1.53 bits per heavy atom. The van der Waals surface area contributed by atoms with Crippen LogP contribution in [0.25, 0.3) is 0 Å². The summed E-state index contributed by atoms with van der Waals surface area (Å²) < 4.78 is 47.1. The Morgan fingerprint density at radius 3 is 2.13 bits per heavy atom. The van der Waals surface area contributed by atoms with Gasteiger partial charge in [-0.1, -0.05) is 89.6 Å². The van der Waals surface area contributed by atoms with Crippen LogP contribution in [0.2, 0.25) is 0 Å². The number of Topliss-reactive ketones (excluding diaryl/α,β-unsaturated/α-hetero) is 1. The third-order valence-electron chi connectivity index (χ3n) is 13.7. The largest absolute Gasteiger partial charge is 0.458 e. The predicted molar refractivity (Wildman–Crippen MR) is 261 cm³/mol. The van der Waals surface area contributed by atoms with E-state index in [0.717, 1.165) is 5.57 Å². The number of rotatable bonds is 18. The third kappa shape index (κ3) is 19.5. The number of ether oxygens (including phenoxy) is 8. The number of carbonyl (C=O) groups is 4. The number of aliphatic hydroxyl groups excluding tert-OH is 2. The van der Waals surface area contributed by atoms with E-state index in [4.69, 9.17) is 37.9 Å². The van der Waals surface area contributed by atoms with E-state index in [0.29, 0.717) is 37.7 Å². The highest BCUT2D eigenvalue weighted by Crippen LogP contribution is 2.33. The van der Waals surface area contributed by atoms with Gasteiger partial charge in [-0.2, -0.15) is 0 Å². The fourth-order valence-electron chi connectivity index (χ4n) is 9.26. The molecule has 0 aliphatic carbocycles. The van der Waals surface area contributed by atoms with E-state index in [1.165, 1.54) is 17.1 Å². The summed E-state index contributed by atoms with van der Waals surface area (Å²) >= 11 is 0. The standard InChI is InChI=1S/C53H85NO14/c1-33-17-15-19-48(58)67-52(39(7)51(66-14)35(3)22-25-44(57)37(5)45(63-11)18-16-26-54(8)32-55)36(4)20-23-41(56)30-46(64-12)34(2)21-24-42(61-9)31-47(65-13)38(6)53-50(60)40(29-49(59)68-53)28-43(27-33)62-10/h15-17,19-21,23-24,26,29,32,34-39,41-43,45-47,50-53,56,60H,18,22,25,27-28,30-31H2,1-14H3. The maximum absolute atomic E-state index is 13.6. The minimum Gasteiger partial charge on any atom is -0.458 e. The number of ketones is 1. The Hall–Kier alpha value is -3.80. The van der Waals surface area contributed by atoms with Crippen LogP contribution in [-0.2, 0) is 57.1 Å². The number of carbonyl (C=O) groups excluding carboxylic acids is 4. The Kier molecular flexibility index (Phi) is 27.9. The average Bonchev–Trinajstić information content (AvgIpc) is 3.32. The number of allylic oxidation sites excluding steroid dienone is 2. The van der Waals surface area contributed by atoms with Crippen LogP contribution in [0.3, 0.4) is 0 Å². The van der Waals surface area contributed by atoms with Gasteiger partial charge < -0.3 is 53.0 Å². The molecule has 0 aromatic heterocycles. The average molecular weight is 960 g/mol. The molecular formula is C53H85NO14. The molecule has 16 unspecified atom stereocenters. The van der Waals surface area contributed by atoms with Gasteiger partial charge >= 0.3 is 11.9 Å². The molecule has 15 heteroatoms. The van der Waals surface area contributed by atoms with Crippen molar-refractivity contribution in [2.24, 2.45) is 35.5 Å². The quantitative estimate of drug-likeness (QED) is 0.0821. The van der Waals surface area contributed by atoms with Crippen molar-refractivity contribution in [1.82, 2.24) is 4.90 Å². The zero-order valence-electron chi connectivity index (χ0n) is 43.3. The van der Waals surface area contributed by atoms with Crippen LogP contribution >= 0.6 is 0 Å². The van der Waals surface area contributed by atoms with E-state index in [2.05, 4.69) is 0 Å². The van der Waals surface area contributed by atoms with E-state index in [-0.39, 0.29) is 72.9 Å². The zero-order chi connectivity index (χ0) is 51.1. The molecule has 0 radical (unpaired) electrons. The number of methoxy groups -OCH3 is 6. The second-order valence-electron chi connectivity index (χ2n) is 18.8. The van der Waals surface area contributed by atoms with Crippen LogP contribution in [0.1, 0.15) is 93.4 Å². The Morgan fingerprint density at radius 1 is 0.853 bits per heavy atom. The molecule has 16 atom stereocenters. The van der Waals surface area contributed by atoms with Gasteiger partial charge in [-0.25, -0.2) is 9.59 Å². The highest BCUT2D eigenvalue weighted by molar-refractivity contribution is 5.84. The first-order valence-corrected chi connectivity index (χ1v) is 24.0. The third-order valence-corrected chi connectivity index (χ3v) is 13.7. The van der Waals surface area contributed by atoms with Crippen molar-refractivity contribution in [3.8, 4) is 0 Å². The summed E-state index contributed by atoms with van der Waals surface area (Å²) in [6, 6.07) is 0. The van der Waals surface area contributed by atoms with E-state index >= 15 is 0 Å². The first-order chi connectivity index (χ1) is 32.3. The van der Waals surface area contributed by atoms with Crippen LogP contribution in [0.5, 0.6) is 0 Å². The first-order valence-electron chi connectivity index (χ1n) is 24.0. The Bertz CT molecular complexity index is 1720. The van der Waals surface area contributed by atoms with Gasteiger partial charge in [0.1, 0.15) is 24.1 Å². The second kappa shape index (κ2) is 31.4. The SMILES string of the molecule is COC1C=CC(C)C(OC)CC(O)C=CC(C)C(C(C)C(OC)C(C)CCC(=O)C(C)C(CC=CN(C)C=O)OC)OC(=O)C=CC=C(C)CC(OC)CC2=CC(=O)OC(C2O)C(C)C(OC)C1. The normalized spacial score (nSPS) is 30.9. The molecule has 2 aliphatic heterocycles. The summed E-state index contributed by atoms with van der Waals surface area (Å²) in [7, 11) is 11.2. The Balaban J connectivity index is 2.49. The lowest BCUT2D eigenvalue weighted by Crippen LogP contribution is -2.46. The lowest BCUT2D eigenvalue weighted by Gasteiger charge is -2.37. The molecule has 0 saturated carbocycles. The molecule has 15 nitrogen and oxygen atoms in total. The van der Waals surface area contributed by atoms with E-state index < -0.39 is 60.6 Å². The smallest absolute Gasteiger partial charge is 0.331 e. The van der Waals surface area contributed by atoms with E-state index in [1.54, 1.807) is 74.1 Å². The molecule has 2 heterocycles. The van der Waals surface area contributed by atoms with Gasteiger partial charge in [0.15, 0.2) is 0 Å². The van der Waals surface area contributed by atoms with Gasteiger partial charge in [-0.15, -0.1) is 0 Å². The maximum atomic E-state index is 13.6. The molecule has 2 aliphatic rings. The van der Waals surface area contributed by atoms with Gasteiger partial charge in [0.05, 0.1) is 42.7 Å². The summed E-state index contributed by atoms with van der Waals surface area (Å²) in [5.74, 6) is -2.82. The van der Waals surface area contributed by atoms with Crippen molar-refractivity contribution in [3.63, 3.8) is 0 Å². The summed E-state index contributed by atoms with van der Waals surface area (Å²) in [5.41, 5.74) is 1.38. The minimum atomic E-state index is -1.09. The minimum absolute atomic E-state index is 0.0464. The summed E-state index contributed by atoms with van der Waals surface area (Å²) in [5, 5.41) is 22.9. The number of amides is 1. The number of fused-ring (bicyclic) bond motifs is 2. The molecule has 1 amide bonds. The summed E-state index contributed by atoms with van der Waals surface area (Å²) in [6.07, 6.45) is 14.5. The molecule has 0 aromatic rings. The number of nitrogens with zero attached hydrogens (tertiary/aromatic N) is 1. The van der Waals surface area contributed by atoms with Gasteiger partial charge in [0.2, 0.25) is 6.41 Å². The molecule has 0 aromatic carbocycles. The van der Waals surface area contributed by atoms with Gasteiger partial charge in [-0.05, 0) is 44.1 Å². The van der Waals surface area contributed by atoms with Crippen molar-refractivity contribution in [1.29, 1.82) is 0 Å². The van der Waals surface area contributed by atoms with Gasteiger partial charge in [0, 0.05) is 117 Å². The second-order valence-corrected chi connectivity index (χ2v) is 18.8. The lowest BCUT2D eigenvalue weighted by molar-refractivity contribution is -0.160. The van der Waals surface area contributed by atoms with Crippen molar-refractivity contribution >= 4 is 24.1 Å². The predicted octanol–water partition coefficient (Wildman–Crippen LogP) is 6.91. The first kappa shape index (κ1) is 60.3. The monoisotopic (exact) mass is 960 g/mol. The molecule has 386 valence electrons. The Labute approximate surface area is 406 Å². The molecule has 2 rings (SSSR count). The van der Waals surface area contributed by atoms with Crippen molar-refractivity contribution in [3.05, 3.63) is 72.0 Å². The fourth-order valence-corrected chi connectivity index (χ4v) is 9.26. The number of hydrogen-bond acceptors (Lipinski definition) is 14. The van der Waals surface area contributed by atoms with Gasteiger partial charge in [-0.3, -0.25) is 9.59 Å². The maximum Gasteiger partial charge on any atom is 0.331 e. The highest BCUT2D eigenvalue weighted by atomic mass is 16.6. The number of cyclic esters (lactones) is 1. The van der Waals surface area contributed by atoms with Crippen LogP contribution < -0.4 is 0 Å². The lowest BCUT2D eigenvalue weighted by atomic mass is 9.81. The number of esters is 2. The zero-order valence-corrected chi connectivity index (χ0v) is 43.3. The van der Waals surface area contributed by atoms with Crippen LogP contribution in [0, 0.1) is 35.5 Å². The molecule has 0 fully saturated rings. The molecule has 2 N–H and O–H groups in total. The fraction of sp³-hybridized carbons (Fsp3) is 0.698. The number of hydrogen-bond donors (Lipinski definition) is 2. The molecule has 0 saturated heterocycles. The molecule has 68 heavy (non-hydrogen) atoms.